The lowest BCUT2D eigenvalue weighted by molar-refractivity contribution is 0.240. The standard InChI is InChI=1S/C17H20BrNO2/c1-21-16-7-8-17(18)14(10-16)11-19-15(12-20)9-13-5-3-2-4-6-13/h2-8,10,15,19-20H,9,11-12H2,1H3/t15-/m1/s1. The second kappa shape index (κ2) is 8.17. The zero-order chi connectivity index (χ0) is 15.1. The maximum Gasteiger partial charge on any atom is 0.119 e. The Morgan fingerprint density at radius 3 is 2.62 bits per heavy atom. The van der Waals surface area contributed by atoms with Gasteiger partial charge < -0.3 is 15.2 Å². The van der Waals surface area contributed by atoms with Crippen LogP contribution in [0.25, 0.3) is 0 Å². The lowest BCUT2D eigenvalue weighted by atomic mass is 10.1. The second-order valence-electron chi connectivity index (χ2n) is 4.91. The first-order valence-electron chi connectivity index (χ1n) is 6.93. The molecule has 0 aliphatic heterocycles. The molecule has 1 atom stereocenters. The SMILES string of the molecule is COc1ccc(Br)c(CN[C@@H](CO)Cc2ccccc2)c1. The molecule has 0 radical (unpaired) electrons. The van der Waals surface area contributed by atoms with E-state index in [4.69, 9.17) is 4.74 Å². The normalized spacial score (nSPS) is 12.1. The molecule has 21 heavy (non-hydrogen) atoms. The van der Waals surface area contributed by atoms with E-state index in [2.05, 4.69) is 33.4 Å². The van der Waals surface area contributed by atoms with Gasteiger partial charge in [-0.25, -0.2) is 0 Å². The van der Waals surface area contributed by atoms with Gasteiger partial charge in [0, 0.05) is 17.1 Å². The predicted octanol–water partition coefficient (Wildman–Crippen LogP) is 3.15. The van der Waals surface area contributed by atoms with Gasteiger partial charge in [0.05, 0.1) is 13.7 Å². The Labute approximate surface area is 134 Å². The van der Waals surface area contributed by atoms with Crippen LogP contribution in [0.5, 0.6) is 5.75 Å². The number of ether oxygens (including phenoxy) is 1. The second-order valence-corrected chi connectivity index (χ2v) is 5.76. The summed E-state index contributed by atoms with van der Waals surface area (Å²) >= 11 is 3.54. The van der Waals surface area contributed by atoms with Crippen LogP contribution < -0.4 is 10.1 Å². The number of halogens is 1. The summed E-state index contributed by atoms with van der Waals surface area (Å²) in [6.07, 6.45) is 0.804. The highest BCUT2D eigenvalue weighted by atomic mass is 79.9. The molecule has 2 rings (SSSR count). The zero-order valence-corrected chi connectivity index (χ0v) is 13.6. The molecule has 0 fully saturated rings. The summed E-state index contributed by atoms with van der Waals surface area (Å²) in [6.45, 7) is 0.784. The highest BCUT2D eigenvalue weighted by Crippen LogP contribution is 2.22. The third-order valence-corrected chi connectivity index (χ3v) is 4.15. The molecule has 2 N–H and O–H groups in total. The fourth-order valence-electron chi connectivity index (χ4n) is 2.17. The molecule has 0 heterocycles. The van der Waals surface area contributed by atoms with Gasteiger partial charge >= 0.3 is 0 Å². The fourth-order valence-corrected chi connectivity index (χ4v) is 2.55. The predicted molar refractivity (Wildman–Crippen MR) is 88.6 cm³/mol. The number of methoxy groups -OCH3 is 1. The van der Waals surface area contributed by atoms with Gasteiger partial charge in [0.2, 0.25) is 0 Å². The number of hydrogen-bond acceptors (Lipinski definition) is 3. The minimum Gasteiger partial charge on any atom is -0.497 e. The summed E-state index contributed by atoms with van der Waals surface area (Å²) in [5, 5.41) is 12.9. The van der Waals surface area contributed by atoms with E-state index in [1.54, 1.807) is 7.11 Å². The van der Waals surface area contributed by atoms with Crippen LogP contribution in [-0.4, -0.2) is 24.9 Å². The van der Waals surface area contributed by atoms with E-state index in [1.165, 1.54) is 5.56 Å². The van der Waals surface area contributed by atoms with Crippen molar-refractivity contribution in [3.05, 3.63) is 64.1 Å². The van der Waals surface area contributed by atoms with Gasteiger partial charge in [0.1, 0.15) is 5.75 Å². The Morgan fingerprint density at radius 2 is 1.95 bits per heavy atom. The van der Waals surface area contributed by atoms with Gasteiger partial charge in [-0.1, -0.05) is 46.3 Å². The first-order valence-corrected chi connectivity index (χ1v) is 7.73. The van der Waals surface area contributed by atoms with E-state index >= 15 is 0 Å². The highest BCUT2D eigenvalue weighted by Gasteiger charge is 2.09. The zero-order valence-electron chi connectivity index (χ0n) is 12.1. The first-order chi connectivity index (χ1) is 10.2. The van der Waals surface area contributed by atoms with Crippen LogP contribution in [0.2, 0.25) is 0 Å². The molecule has 0 bridgehead atoms. The lowest BCUT2D eigenvalue weighted by Crippen LogP contribution is -2.34. The summed E-state index contributed by atoms with van der Waals surface area (Å²) in [7, 11) is 1.66. The van der Waals surface area contributed by atoms with Crippen molar-refractivity contribution in [1.82, 2.24) is 5.32 Å². The minimum atomic E-state index is 0.0329. The molecule has 4 heteroatoms. The summed E-state index contributed by atoms with van der Waals surface area (Å²) < 4.78 is 6.28. The van der Waals surface area contributed by atoms with Crippen LogP contribution in [0.15, 0.2) is 53.0 Å². The van der Waals surface area contributed by atoms with Gasteiger partial charge in [-0.3, -0.25) is 0 Å². The molecule has 0 amide bonds. The Hall–Kier alpha value is -1.36. The van der Waals surface area contributed by atoms with Crippen molar-refractivity contribution in [2.45, 2.75) is 19.0 Å². The number of hydrogen-bond donors (Lipinski definition) is 2. The monoisotopic (exact) mass is 349 g/mol. The molecule has 0 unspecified atom stereocenters. The maximum absolute atomic E-state index is 9.54. The van der Waals surface area contributed by atoms with Gasteiger partial charge in [-0.15, -0.1) is 0 Å². The third kappa shape index (κ3) is 4.84. The Bertz CT molecular complexity index is 560. The van der Waals surface area contributed by atoms with Crippen LogP contribution in [0.4, 0.5) is 0 Å². The smallest absolute Gasteiger partial charge is 0.119 e. The van der Waals surface area contributed by atoms with Crippen LogP contribution in [0.1, 0.15) is 11.1 Å². The van der Waals surface area contributed by atoms with E-state index in [9.17, 15) is 5.11 Å². The number of nitrogens with one attached hydrogen (secondary N) is 1. The van der Waals surface area contributed by atoms with Crippen molar-refractivity contribution in [2.24, 2.45) is 0 Å². The van der Waals surface area contributed by atoms with E-state index < -0.39 is 0 Å². The van der Waals surface area contributed by atoms with Crippen molar-refractivity contribution in [1.29, 1.82) is 0 Å². The van der Waals surface area contributed by atoms with E-state index in [-0.39, 0.29) is 12.6 Å². The topological polar surface area (TPSA) is 41.5 Å². The fraction of sp³-hybridized carbons (Fsp3) is 0.294. The quantitative estimate of drug-likeness (QED) is 0.806. The number of benzene rings is 2. The molecule has 112 valence electrons. The Balaban J connectivity index is 1.97. The van der Waals surface area contributed by atoms with Crippen molar-refractivity contribution in [2.75, 3.05) is 13.7 Å². The third-order valence-electron chi connectivity index (χ3n) is 3.38. The molecular weight excluding hydrogens is 330 g/mol. The van der Waals surface area contributed by atoms with Crippen molar-refractivity contribution >= 4 is 15.9 Å². The molecule has 0 aliphatic rings. The van der Waals surface area contributed by atoms with E-state index in [0.717, 1.165) is 22.2 Å². The van der Waals surface area contributed by atoms with Crippen LogP contribution in [0.3, 0.4) is 0 Å². The molecule has 2 aromatic carbocycles. The summed E-state index contributed by atoms with van der Waals surface area (Å²) in [5.41, 5.74) is 2.33. The molecule has 0 saturated carbocycles. The van der Waals surface area contributed by atoms with Crippen molar-refractivity contribution in [3.63, 3.8) is 0 Å². The molecule has 0 aromatic heterocycles. The maximum atomic E-state index is 9.54. The van der Waals surface area contributed by atoms with E-state index in [1.807, 2.05) is 36.4 Å². The van der Waals surface area contributed by atoms with Crippen molar-refractivity contribution in [3.8, 4) is 5.75 Å². The minimum absolute atomic E-state index is 0.0329. The van der Waals surface area contributed by atoms with Gasteiger partial charge in [0.15, 0.2) is 0 Å². The molecule has 0 saturated heterocycles. The number of aliphatic hydroxyl groups excluding tert-OH is 1. The molecule has 0 aliphatic carbocycles. The molecular formula is C17H20BrNO2. The summed E-state index contributed by atoms with van der Waals surface area (Å²) in [5.74, 6) is 0.832. The van der Waals surface area contributed by atoms with Gasteiger partial charge in [-0.2, -0.15) is 0 Å². The van der Waals surface area contributed by atoms with Crippen molar-refractivity contribution < 1.29 is 9.84 Å². The Morgan fingerprint density at radius 1 is 1.19 bits per heavy atom. The Kier molecular flexibility index (Phi) is 6.23. The van der Waals surface area contributed by atoms with Crippen LogP contribution in [0, 0.1) is 0 Å². The number of rotatable bonds is 7. The largest absolute Gasteiger partial charge is 0.497 e. The molecule has 3 nitrogen and oxygen atoms in total. The van der Waals surface area contributed by atoms with Gasteiger partial charge in [-0.05, 0) is 35.7 Å². The van der Waals surface area contributed by atoms with E-state index in [0.29, 0.717) is 6.54 Å². The highest BCUT2D eigenvalue weighted by molar-refractivity contribution is 9.10. The number of aliphatic hydroxyl groups is 1. The molecule has 2 aromatic rings. The summed E-state index contributed by atoms with van der Waals surface area (Å²) in [4.78, 5) is 0. The summed E-state index contributed by atoms with van der Waals surface area (Å²) in [6, 6.07) is 16.1. The van der Waals surface area contributed by atoms with Crippen LogP contribution in [-0.2, 0) is 13.0 Å². The average Bonchev–Trinajstić information content (AvgIpc) is 2.53. The lowest BCUT2D eigenvalue weighted by Gasteiger charge is -2.17. The van der Waals surface area contributed by atoms with Gasteiger partial charge in [0.25, 0.3) is 0 Å². The first kappa shape index (κ1) is 16.0. The van der Waals surface area contributed by atoms with Crippen LogP contribution >= 0.6 is 15.9 Å². The molecule has 0 spiro atoms. The average molecular weight is 350 g/mol.